The van der Waals surface area contributed by atoms with E-state index >= 15 is 0 Å². The molecule has 2 N–H and O–H groups in total. The number of benzene rings is 1. The van der Waals surface area contributed by atoms with Crippen LogP contribution < -0.4 is 15.4 Å². The largest absolute Gasteiger partial charge is 0.491 e. The minimum absolute atomic E-state index is 0.117. The Kier molecular flexibility index (Phi) is 6.16. The highest BCUT2D eigenvalue weighted by atomic mass is 16.5. The van der Waals surface area contributed by atoms with E-state index in [1.807, 2.05) is 63.2 Å². The first-order valence-electron chi connectivity index (χ1n) is 9.07. The number of carbonyl (C=O) groups is 1. The number of anilines is 2. The molecule has 0 aliphatic heterocycles. The van der Waals surface area contributed by atoms with Crippen LogP contribution in [0.5, 0.6) is 5.75 Å². The molecule has 0 saturated carbocycles. The van der Waals surface area contributed by atoms with Crippen molar-refractivity contribution >= 4 is 17.5 Å². The number of hydrogen-bond donors (Lipinski definition) is 2. The van der Waals surface area contributed by atoms with Gasteiger partial charge in [-0.1, -0.05) is 6.07 Å². The van der Waals surface area contributed by atoms with Crippen molar-refractivity contribution in [3.05, 3.63) is 71.8 Å². The number of hydrogen-bond acceptors (Lipinski definition) is 6. The van der Waals surface area contributed by atoms with Gasteiger partial charge >= 0.3 is 0 Å². The number of rotatable bonds is 7. The molecule has 28 heavy (non-hydrogen) atoms. The van der Waals surface area contributed by atoms with Crippen LogP contribution in [0.3, 0.4) is 0 Å². The third-order valence-electron chi connectivity index (χ3n) is 3.73. The van der Waals surface area contributed by atoms with Crippen LogP contribution in [0.25, 0.3) is 0 Å². The predicted molar refractivity (Wildman–Crippen MR) is 108 cm³/mol. The molecule has 3 aromatic rings. The van der Waals surface area contributed by atoms with Crippen molar-refractivity contribution in [3.63, 3.8) is 0 Å². The lowest BCUT2D eigenvalue weighted by atomic mass is 10.3. The van der Waals surface area contributed by atoms with Crippen LogP contribution in [0, 0.1) is 6.92 Å². The van der Waals surface area contributed by atoms with Gasteiger partial charge in [0.05, 0.1) is 18.3 Å². The molecular formula is C21H23N5O2. The van der Waals surface area contributed by atoms with Gasteiger partial charge in [-0.25, -0.2) is 9.97 Å². The van der Waals surface area contributed by atoms with E-state index in [9.17, 15) is 4.79 Å². The molecule has 7 nitrogen and oxygen atoms in total. The van der Waals surface area contributed by atoms with E-state index in [2.05, 4.69) is 25.6 Å². The van der Waals surface area contributed by atoms with Crippen LogP contribution in [0.15, 0.2) is 54.7 Å². The molecule has 0 bridgehead atoms. The summed E-state index contributed by atoms with van der Waals surface area (Å²) in [6, 6.07) is 14.7. The normalized spacial score (nSPS) is 10.6. The molecule has 2 aromatic heterocycles. The van der Waals surface area contributed by atoms with E-state index < -0.39 is 0 Å². The summed E-state index contributed by atoms with van der Waals surface area (Å²) in [5.74, 6) is 0.876. The highest BCUT2D eigenvalue weighted by Gasteiger charge is 2.11. The van der Waals surface area contributed by atoms with Gasteiger partial charge < -0.3 is 15.4 Å². The maximum atomic E-state index is 12.4. The zero-order valence-electron chi connectivity index (χ0n) is 16.1. The number of nitrogens with one attached hydrogen (secondary N) is 2. The van der Waals surface area contributed by atoms with E-state index in [0.717, 1.165) is 17.1 Å². The van der Waals surface area contributed by atoms with Crippen LogP contribution in [0.2, 0.25) is 0 Å². The highest BCUT2D eigenvalue weighted by molar-refractivity contribution is 5.92. The molecule has 0 spiro atoms. The highest BCUT2D eigenvalue weighted by Crippen LogP contribution is 2.19. The van der Waals surface area contributed by atoms with Gasteiger partial charge in [0.2, 0.25) is 5.95 Å². The van der Waals surface area contributed by atoms with Crippen molar-refractivity contribution in [2.75, 3.05) is 5.32 Å². The van der Waals surface area contributed by atoms with Gasteiger partial charge in [-0.05, 0) is 63.2 Å². The lowest BCUT2D eigenvalue weighted by Crippen LogP contribution is -2.24. The predicted octanol–water partition coefficient (Wildman–Crippen LogP) is 3.64. The summed E-state index contributed by atoms with van der Waals surface area (Å²) in [6.45, 7) is 6.12. The third kappa shape index (κ3) is 5.51. The molecule has 144 valence electrons. The molecule has 0 aliphatic rings. The van der Waals surface area contributed by atoms with Gasteiger partial charge in [0.25, 0.3) is 5.91 Å². The van der Waals surface area contributed by atoms with Crippen LogP contribution >= 0.6 is 0 Å². The Bertz CT molecular complexity index is 927. The summed E-state index contributed by atoms with van der Waals surface area (Å²) >= 11 is 0. The first-order valence-corrected chi connectivity index (χ1v) is 9.07. The Morgan fingerprint density at radius 3 is 2.57 bits per heavy atom. The smallest absolute Gasteiger partial charge is 0.270 e. The molecule has 0 radical (unpaired) electrons. The van der Waals surface area contributed by atoms with Crippen LogP contribution in [0.1, 0.15) is 35.7 Å². The molecule has 0 saturated heterocycles. The fraction of sp³-hybridized carbons (Fsp3) is 0.238. The van der Waals surface area contributed by atoms with Gasteiger partial charge in [-0.15, -0.1) is 0 Å². The fourth-order valence-electron chi connectivity index (χ4n) is 2.52. The number of aromatic nitrogens is 3. The minimum Gasteiger partial charge on any atom is -0.491 e. The number of amides is 1. The average molecular weight is 377 g/mol. The first kappa shape index (κ1) is 19.3. The van der Waals surface area contributed by atoms with Crippen LogP contribution in [-0.4, -0.2) is 27.0 Å². The van der Waals surface area contributed by atoms with Crippen LogP contribution in [0.4, 0.5) is 11.6 Å². The molecule has 1 aromatic carbocycles. The minimum atomic E-state index is -0.278. The molecule has 0 fully saturated rings. The number of ether oxygens (including phenoxy) is 1. The van der Waals surface area contributed by atoms with Gasteiger partial charge in [-0.3, -0.25) is 9.78 Å². The number of carbonyl (C=O) groups excluding carboxylic acids is 1. The van der Waals surface area contributed by atoms with E-state index in [4.69, 9.17) is 4.74 Å². The SMILES string of the molecule is Cc1cc(C(=O)NCc2ccccn2)nc(Nc2ccc(OC(C)C)cc2)n1. The standard InChI is InChI=1S/C21H23N5O2/c1-14(2)28-18-9-7-16(8-10-18)25-21-24-15(3)12-19(26-21)20(27)23-13-17-6-4-5-11-22-17/h4-12,14H,13H2,1-3H3,(H,23,27)(H,24,25,26). The van der Waals surface area contributed by atoms with E-state index in [0.29, 0.717) is 23.9 Å². The molecule has 3 rings (SSSR count). The monoisotopic (exact) mass is 377 g/mol. The average Bonchev–Trinajstić information content (AvgIpc) is 2.67. The Balaban J connectivity index is 1.67. The van der Waals surface area contributed by atoms with Crippen molar-refractivity contribution in [1.29, 1.82) is 0 Å². The summed E-state index contributed by atoms with van der Waals surface area (Å²) in [5, 5.41) is 5.95. The lowest BCUT2D eigenvalue weighted by molar-refractivity contribution is 0.0945. The van der Waals surface area contributed by atoms with Gasteiger partial charge in [0.1, 0.15) is 11.4 Å². The molecule has 0 unspecified atom stereocenters. The number of nitrogens with zero attached hydrogens (tertiary/aromatic N) is 3. The van der Waals surface area contributed by atoms with E-state index in [-0.39, 0.29) is 12.0 Å². The Labute approximate surface area is 164 Å². The van der Waals surface area contributed by atoms with Gasteiger partial charge in [0, 0.05) is 17.6 Å². The first-order chi connectivity index (χ1) is 13.5. The number of pyridine rings is 1. The fourth-order valence-corrected chi connectivity index (χ4v) is 2.52. The molecular weight excluding hydrogens is 354 g/mol. The molecule has 2 heterocycles. The maximum Gasteiger partial charge on any atom is 0.270 e. The second kappa shape index (κ2) is 8.94. The number of aryl methyl sites for hydroxylation is 1. The van der Waals surface area contributed by atoms with Crippen molar-refractivity contribution in [2.24, 2.45) is 0 Å². The van der Waals surface area contributed by atoms with Crippen molar-refractivity contribution in [1.82, 2.24) is 20.3 Å². The topological polar surface area (TPSA) is 89.0 Å². The Morgan fingerprint density at radius 1 is 1.11 bits per heavy atom. The second-order valence-electron chi connectivity index (χ2n) is 6.54. The molecule has 7 heteroatoms. The molecule has 0 atom stereocenters. The molecule has 0 aliphatic carbocycles. The Hall–Kier alpha value is -3.48. The maximum absolute atomic E-state index is 12.4. The summed E-state index contributed by atoms with van der Waals surface area (Å²) in [7, 11) is 0. The third-order valence-corrected chi connectivity index (χ3v) is 3.73. The summed E-state index contributed by atoms with van der Waals surface area (Å²) in [6.07, 6.45) is 1.81. The Morgan fingerprint density at radius 2 is 1.89 bits per heavy atom. The van der Waals surface area contributed by atoms with Crippen molar-refractivity contribution < 1.29 is 9.53 Å². The second-order valence-corrected chi connectivity index (χ2v) is 6.54. The summed E-state index contributed by atoms with van der Waals surface area (Å²) < 4.78 is 5.64. The summed E-state index contributed by atoms with van der Waals surface area (Å²) in [4.78, 5) is 25.3. The molecule has 1 amide bonds. The summed E-state index contributed by atoms with van der Waals surface area (Å²) in [5.41, 5.74) is 2.58. The van der Waals surface area contributed by atoms with Crippen molar-refractivity contribution in [3.8, 4) is 5.75 Å². The van der Waals surface area contributed by atoms with Crippen molar-refractivity contribution in [2.45, 2.75) is 33.4 Å². The van der Waals surface area contributed by atoms with E-state index in [1.54, 1.807) is 12.3 Å². The van der Waals surface area contributed by atoms with Gasteiger partial charge in [0.15, 0.2) is 0 Å². The van der Waals surface area contributed by atoms with Crippen LogP contribution in [-0.2, 0) is 6.54 Å². The quantitative estimate of drug-likeness (QED) is 0.653. The van der Waals surface area contributed by atoms with Gasteiger partial charge in [-0.2, -0.15) is 0 Å². The zero-order chi connectivity index (χ0) is 19.9. The zero-order valence-corrected chi connectivity index (χ0v) is 16.1. The lowest BCUT2D eigenvalue weighted by Gasteiger charge is -2.11. The van der Waals surface area contributed by atoms with E-state index in [1.165, 1.54) is 0 Å².